The Labute approximate surface area is 208 Å². The molecule has 3 atom stereocenters. The fourth-order valence-corrected chi connectivity index (χ4v) is 5.39. The van der Waals surface area contributed by atoms with E-state index in [1.165, 1.54) is 0 Å². The van der Waals surface area contributed by atoms with Gasteiger partial charge in [-0.25, -0.2) is 0 Å². The molecule has 0 fully saturated rings. The highest BCUT2D eigenvalue weighted by Gasteiger charge is 2.26. The Morgan fingerprint density at radius 1 is 0.559 bits per heavy atom. The van der Waals surface area contributed by atoms with E-state index in [0.29, 0.717) is 25.7 Å². The minimum Gasteiger partial charge on any atom is -0.270 e. The molecule has 0 spiro atoms. The van der Waals surface area contributed by atoms with Gasteiger partial charge >= 0.3 is 0 Å². The summed E-state index contributed by atoms with van der Waals surface area (Å²) in [7, 11) is -11.1. The van der Waals surface area contributed by atoms with Gasteiger partial charge in [0.1, 0.15) is 0 Å². The van der Waals surface area contributed by atoms with E-state index in [4.69, 9.17) is 12.5 Å². The molecule has 0 saturated carbocycles. The van der Waals surface area contributed by atoms with E-state index in [2.05, 4.69) is 13.8 Å². The Morgan fingerprint density at radius 2 is 0.941 bits per heavy atom. The van der Waals surface area contributed by atoms with Crippen molar-refractivity contribution >= 4 is 30.4 Å². The summed E-state index contributed by atoms with van der Waals surface area (Å²) in [5, 5.41) is 0. The molecule has 0 saturated heterocycles. The van der Waals surface area contributed by atoms with Gasteiger partial charge in [0.05, 0.1) is 38.1 Å². The van der Waals surface area contributed by atoms with Crippen molar-refractivity contribution in [3.63, 3.8) is 0 Å². The molecule has 9 nitrogen and oxygen atoms in total. The maximum atomic E-state index is 12.0. The second kappa shape index (κ2) is 17.2. The van der Waals surface area contributed by atoms with Gasteiger partial charge in [0.15, 0.2) is 0 Å². The average molecular weight is 551 g/mol. The number of hydrogen-bond acceptors (Lipinski definition) is 9. The molecule has 0 aromatic heterocycles. The first-order chi connectivity index (χ1) is 15.6. The molecule has 0 aliphatic heterocycles. The van der Waals surface area contributed by atoms with Gasteiger partial charge in [-0.15, -0.1) is 0 Å². The molecule has 0 bridgehead atoms. The standard InChI is InChI=1S/C22H46O9S3/c1-6-8-10-12-14-20(18-29-32(3,23)24)16-22(31-34(5,27)28)17-21(15-13-11-9-7-2)19-30-33(4,25)26/h20-22H,6-19H2,1-5H3/t20-,21+,22?. The second-order valence-corrected chi connectivity index (χ2v) is 14.2. The van der Waals surface area contributed by atoms with Crippen LogP contribution in [-0.2, 0) is 42.9 Å². The van der Waals surface area contributed by atoms with Crippen molar-refractivity contribution in [2.45, 2.75) is 97.0 Å². The Bertz CT molecular complexity index is 783. The van der Waals surface area contributed by atoms with Gasteiger partial charge in [0.2, 0.25) is 0 Å². The lowest BCUT2D eigenvalue weighted by Gasteiger charge is -2.26. The highest BCUT2D eigenvalue weighted by atomic mass is 32.2. The normalized spacial score (nSPS) is 15.8. The Balaban J connectivity index is 5.48. The SMILES string of the molecule is CCCCCC[C@H](COS(C)(=O)=O)CC(C[C@@H](CCCCCC)COS(C)(=O)=O)OS(C)(=O)=O. The van der Waals surface area contributed by atoms with Crippen molar-refractivity contribution in [1.29, 1.82) is 0 Å². The first-order valence-corrected chi connectivity index (χ1v) is 17.7. The zero-order chi connectivity index (χ0) is 26.3. The Hall–Kier alpha value is -0.270. The monoisotopic (exact) mass is 550 g/mol. The maximum absolute atomic E-state index is 12.0. The summed E-state index contributed by atoms with van der Waals surface area (Å²) in [5.41, 5.74) is 0. The fraction of sp³-hybridized carbons (Fsp3) is 1.00. The van der Waals surface area contributed by atoms with Crippen LogP contribution in [0, 0.1) is 11.8 Å². The minimum absolute atomic E-state index is 0.0460. The van der Waals surface area contributed by atoms with Crippen LogP contribution in [0.25, 0.3) is 0 Å². The topological polar surface area (TPSA) is 130 Å². The lowest BCUT2D eigenvalue weighted by molar-refractivity contribution is 0.106. The van der Waals surface area contributed by atoms with Gasteiger partial charge in [-0.3, -0.25) is 12.5 Å². The van der Waals surface area contributed by atoms with E-state index in [0.717, 1.165) is 70.1 Å². The quantitative estimate of drug-likeness (QED) is 0.143. The van der Waals surface area contributed by atoms with E-state index in [-0.39, 0.29) is 25.0 Å². The lowest BCUT2D eigenvalue weighted by atomic mass is 9.89. The molecular weight excluding hydrogens is 504 g/mol. The van der Waals surface area contributed by atoms with E-state index < -0.39 is 36.5 Å². The van der Waals surface area contributed by atoms with E-state index in [9.17, 15) is 25.3 Å². The second-order valence-electron chi connectivity index (χ2n) is 9.30. The molecular formula is C22H46O9S3. The molecule has 1 unspecified atom stereocenters. The molecule has 0 aliphatic rings. The summed E-state index contributed by atoms with van der Waals surface area (Å²) in [6.07, 6.45) is 12.1. The summed E-state index contributed by atoms with van der Waals surface area (Å²) in [5.74, 6) is -0.426. The highest BCUT2D eigenvalue weighted by molar-refractivity contribution is 7.86. The zero-order valence-corrected chi connectivity index (χ0v) is 24.0. The van der Waals surface area contributed by atoms with Gasteiger partial charge in [-0.1, -0.05) is 65.2 Å². The molecule has 0 aromatic rings. The van der Waals surface area contributed by atoms with Crippen LogP contribution in [0.4, 0.5) is 0 Å². The van der Waals surface area contributed by atoms with E-state index in [1.54, 1.807) is 0 Å². The molecule has 0 heterocycles. The van der Waals surface area contributed by atoms with Crippen molar-refractivity contribution in [2.75, 3.05) is 32.0 Å². The van der Waals surface area contributed by atoms with Crippen LogP contribution in [0.2, 0.25) is 0 Å². The van der Waals surface area contributed by atoms with Gasteiger partial charge in [0.25, 0.3) is 30.4 Å². The fourth-order valence-electron chi connectivity index (χ4n) is 3.86. The molecule has 0 amide bonds. The van der Waals surface area contributed by atoms with Crippen LogP contribution in [-0.4, -0.2) is 63.3 Å². The van der Waals surface area contributed by atoms with Crippen LogP contribution in [0.1, 0.15) is 90.9 Å². The first-order valence-electron chi connectivity index (χ1n) is 12.2. The van der Waals surface area contributed by atoms with Gasteiger partial charge in [-0.05, 0) is 37.5 Å². The third kappa shape index (κ3) is 22.2. The largest absolute Gasteiger partial charge is 0.270 e. The molecule has 0 N–H and O–H groups in total. The van der Waals surface area contributed by atoms with Gasteiger partial charge in [-0.2, -0.15) is 25.3 Å². The molecule has 206 valence electrons. The third-order valence-corrected chi connectivity index (χ3v) is 7.22. The smallest absolute Gasteiger partial charge is 0.264 e. The summed E-state index contributed by atoms with van der Waals surface area (Å²) in [4.78, 5) is 0. The van der Waals surface area contributed by atoms with Gasteiger partial charge < -0.3 is 0 Å². The summed E-state index contributed by atoms with van der Waals surface area (Å²) < 4.78 is 85.5. The zero-order valence-electron chi connectivity index (χ0n) is 21.5. The Morgan fingerprint density at radius 3 is 1.24 bits per heavy atom. The maximum Gasteiger partial charge on any atom is 0.264 e. The molecule has 0 aliphatic carbocycles. The van der Waals surface area contributed by atoms with Crippen LogP contribution >= 0.6 is 0 Å². The van der Waals surface area contributed by atoms with Crippen LogP contribution in [0.15, 0.2) is 0 Å². The van der Waals surface area contributed by atoms with Crippen molar-refractivity contribution < 1.29 is 37.8 Å². The number of unbranched alkanes of at least 4 members (excludes halogenated alkanes) is 6. The predicted octanol–water partition coefficient (Wildman–Crippen LogP) is 4.24. The van der Waals surface area contributed by atoms with E-state index >= 15 is 0 Å². The predicted molar refractivity (Wildman–Crippen MR) is 135 cm³/mol. The highest BCUT2D eigenvalue weighted by Crippen LogP contribution is 2.27. The Kier molecular flexibility index (Phi) is 17.1. The van der Waals surface area contributed by atoms with Gasteiger partial charge in [0, 0.05) is 0 Å². The van der Waals surface area contributed by atoms with E-state index in [1.807, 2.05) is 0 Å². The summed E-state index contributed by atoms with van der Waals surface area (Å²) >= 11 is 0. The van der Waals surface area contributed by atoms with Crippen molar-refractivity contribution in [1.82, 2.24) is 0 Å². The number of rotatable bonds is 22. The van der Waals surface area contributed by atoms with Crippen LogP contribution in [0.5, 0.6) is 0 Å². The first kappa shape index (κ1) is 33.7. The summed E-state index contributed by atoms with van der Waals surface area (Å²) in [6, 6.07) is 0. The molecule has 12 heteroatoms. The van der Waals surface area contributed by atoms with Crippen molar-refractivity contribution in [3.8, 4) is 0 Å². The lowest BCUT2D eigenvalue weighted by Crippen LogP contribution is -2.28. The molecule has 0 rings (SSSR count). The van der Waals surface area contributed by atoms with Crippen molar-refractivity contribution in [3.05, 3.63) is 0 Å². The van der Waals surface area contributed by atoms with Crippen LogP contribution < -0.4 is 0 Å². The molecule has 34 heavy (non-hydrogen) atoms. The third-order valence-electron chi connectivity index (χ3n) is 5.47. The van der Waals surface area contributed by atoms with Crippen LogP contribution in [0.3, 0.4) is 0 Å². The van der Waals surface area contributed by atoms with Crippen molar-refractivity contribution in [2.24, 2.45) is 11.8 Å². The number of hydrogen-bond donors (Lipinski definition) is 0. The summed E-state index contributed by atoms with van der Waals surface area (Å²) in [6.45, 7) is 4.10. The average Bonchev–Trinajstić information content (AvgIpc) is 2.67. The molecule has 0 radical (unpaired) electrons. The molecule has 0 aromatic carbocycles. The minimum atomic E-state index is -3.78.